The van der Waals surface area contributed by atoms with E-state index in [0.717, 1.165) is 0 Å². The molecule has 2 heteroatoms. The Morgan fingerprint density at radius 1 is 0.339 bits per heavy atom. The van der Waals surface area contributed by atoms with Crippen LogP contribution in [0.5, 0.6) is 0 Å². The minimum Gasteiger partial charge on any atom is -0.310 e. The summed E-state index contributed by atoms with van der Waals surface area (Å²) < 4.78 is 0. The van der Waals surface area contributed by atoms with E-state index in [0.29, 0.717) is 0 Å². The Morgan fingerprint density at radius 2 is 0.694 bits per heavy atom. The molecule has 0 spiro atoms. The van der Waals surface area contributed by atoms with E-state index in [4.69, 9.17) is 0 Å². The van der Waals surface area contributed by atoms with Gasteiger partial charge < -0.3 is 9.80 Å². The second-order valence-electron chi connectivity index (χ2n) is 18.6. The summed E-state index contributed by atoms with van der Waals surface area (Å²) in [6.45, 7) is 18.3. The minimum absolute atomic E-state index is 0.162. The molecule has 0 saturated heterocycles. The molecule has 0 fully saturated rings. The molecular weight excluding hydrogens is 749 g/mol. The van der Waals surface area contributed by atoms with Crippen LogP contribution in [0, 0.1) is 27.7 Å². The number of benzene rings is 8. The van der Waals surface area contributed by atoms with Gasteiger partial charge in [-0.25, -0.2) is 0 Å². The summed E-state index contributed by atoms with van der Waals surface area (Å²) >= 11 is 0. The monoisotopic (exact) mass is 802 g/mol. The van der Waals surface area contributed by atoms with Crippen molar-refractivity contribution in [2.75, 3.05) is 9.80 Å². The third kappa shape index (κ3) is 6.57. The van der Waals surface area contributed by atoms with Gasteiger partial charge in [0.2, 0.25) is 0 Å². The maximum absolute atomic E-state index is 2.43. The zero-order chi connectivity index (χ0) is 42.9. The molecule has 2 aliphatic rings. The lowest BCUT2D eigenvalue weighted by atomic mass is 9.81. The van der Waals surface area contributed by atoms with E-state index in [9.17, 15) is 0 Å². The van der Waals surface area contributed by atoms with Crippen LogP contribution in [0.4, 0.5) is 34.1 Å². The molecule has 0 N–H and O–H groups in total. The number of anilines is 6. The second-order valence-corrected chi connectivity index (χ2v) is 18.6. The van der Waals surface area contributed by atoms with Gasteiger partial charge in [-0.05, 0) is 166 Å². The first-order chi connectivity index (χ1) is 29.9. The molecular formula is C60H54N2. The Bertz CT molecular complexity index is 2880. The fraction of sp³-hybridized carbons (Fsp3) is 0.167. The van der Waals surface area contributed by atoms with Crippen LogP contribution in [0.3, 0.4) is 0 Å². The number of hydrogen-bond donors (Lipinski definition) is 0. The maximum Gasteiger partial charge on any atom is 0.0490 e. The molecule has 8 aromatic rings. The van der Waals surface area contributed by atoms with Crippen molar-refractivity contribution in [3.8, 4) is 22.3 Å². The molecule has 2 aliphatic carbocycles. The number of para-hydroxylation sites is 2. The van der Waals surface area contributed by atoms with Gasteiger partial charge in [0, 0.05) is 45.0 Å². The molecule has 62 heavy (non-hydrogen) atoms. The predicted octanol–water partition coefficient (Wildman–Crippen LogP) is 16.6. The van der Waals surface area contributed by atoms with Crippen LogP contribution in [0.15, 0.2) is 170 Å². The highest BCUT2D eigenvalue weighted by atomic mass is 15.1. The van der Waals surface area contributed by atoms with Crippen molar-refractivity contribution >= 4 is 46.3 Å². The Balaban J connectivity index is 0.951. The van der Waals surface area contributed by atoms with E-state index >= 15 is 0 Å². The number of fused-ring (bicyclic) bond motifs is 6. The lowest BCUT2D eigenvalue weighted by Crippen LogP contribution is -2.17. The maximum atomic E-state index is 2.43. The molecule has 0 heterocycles. The van der Waals surface area contributed by atoms with E-state index in [1.807, 2.05) is 0 Å². The van der Waals surface area contributed by atoms with Crippen molar-refractivity contribution in [3.63, 3.8) is 0 Å². The van der Waals surface area contributed by atoms with Crippen LogP contribution in [-0.4, -0.2) is 0 Å². The molecule has 0 radical (unpaired) electrons. The van der Waals surface area contributed by atoms with Crippen LogP contribution in [0.25, 0.3) is 34.4 Å². The van der Waals surface area contributed by atoms with E-state index in [2.05, 4.69) is 247 Å². The van der Waals surface area contributed by atoms with Gasteiger partial charge in [0.15, 0.2) is 0 Å². The second kappa shape index (κ2) is 14.9. The standard InChI is InChI=1S/C60H54N2/c1-39-15-13-19-45(33-39)61(57-21-11-9-17-41(57)3)47-27-31-51-49-29-25-43(35-53(49)59(5,6)55(51)37-47)23-24-44-26-30-50-52-32-28-48(38-56(52)60(7,8)54(50)36-44)62(46-20-14-16-40(2)34-46)58-22-12-10-18-42(58)4/h9-38H,1-8H3/b24-23+. The van der Waals surface area contributed by atoms with Gasteiger partial charge in [0.05, 0.1) is 0 Å². The summed E-state index contributed by atoms with van der Waals surface area (Å²) in [5, 5.41) is 0. The zero-order valence-corrected chi connectivity index (χ0v) is 37.2. The Hall–Kier alpha value is -6.90. The molecule has 0 unspecified atom stereocenters. The lowest BCUT2D eigenvalue weighted by Gasteiger charge is -2.29. The highest BCUT2D eigenvalue weighted by Gasteiger charge is 2.38. The fourth-order valence-corrected chi connectivity index (χ4v) is 10.2. The molecule has 0 atom stereocenters. The van der Waals surface area contributed by atoms with Crippen LogP contribution < -0.4 is 9.80 Å². The number of rotatable bonds is 8. The largest absolute Gasteiger partial charge is 0.310 e. The van der Waals surface area contributed by atoms with Crippen LogP contribution >= 0.6 is 0 Å². The van der Waals surface area contributed by atoms with Crippen LogP contribution in [-0.2, 0) is 10.8 Å². The molecule has 0 aromatic heterocycles. The van der Waals surface area contributed by atoms with Gasteiger partial charge in [-0.3, -0.25) is 0 Å². The van der Waals surface area contributed by atoms with Crippen LogP contribution in [0.2, 0.25) is 0 Å². The SMILES string of the molecule is Cc1cccc(N(c2ccc3c(c2)C(C)(C)c2cc(/C=C/c4ccc5c(c4)C(C)(C)c4cc(N(c6cccc(C)c6)c6ccccc6C)ccc4-5)ccc2-3)c2ccccc2C)c1. The quantitative estimate of drug-likeness (QED) is 0.141. The first-order valence-corrected chi connectivity index (χ1v) is 22.0. The Kier molecular flexibility index (Phi) is 9.45. The molecule has 0 aliphatic heterocycles. The summed E-state index contributed by atoms with van der Waals surface area (Å²) in [6.07, 6.45) is 4.58. The van der Waals surface area contributed by atoms with Crippen molar-refractivity contribution < 1.29 is 0 Å². The van der Waals surface area contributed by atoms with Crippen molar-refractivity contribution in [2.24, 2.45) is 0 Å². The predicted molar refractivity (Wildman–Crippen MR) is 265 cm³/mol. The molecule has 10 rings (SSSR count). The molecule has 0 saturated carbocycles. The highest BCUT2D eigenvalue weighted by Crippen LogP contribution is 2.53. The minimum atomic E-state index is -0.162. The zero-order valence-electron chi connectivity index (χ0n) is 37.2. The van der Waals surface area contributed by atoms with Gasteiger partial charge in [0.25, 0.3) is 0 Å². The summed E-state index contributed by atoms with van der Waals surface area (Å²) in [5.74, 6) is 0. The van der Waals surface area contributed by atoms with Gasteiger partial charge in [-0.2, -0.15) is 0 Å². The third-order valence-electron chi connectivity index (χ3n) is 13.6. The molecule has 304 valence electrons. The number of nitrogens with zero attached hydrogens (tertiary/aromatic N) is 2. The molecule has 0 bridgehead atoms. The van der Waals surface area contributed by atoms with Gasteiger partial charge >= 0.3 is 0 Å². The fourth-order valence-electron chi connectivity index (χ4n) is 10.2. The van der Waals surface area contributed by atoms with Crippen molar-refractivity contribution in [1.29, 1.82) is 0 Å². The smallest absolute Gasteiger partial charge is 0.0490 e. The van der Waals surface area contributed by atoms with E-state index in [-0.39, 0.29) is 10.8 Å². The lowest BCUT2D eigenvalue weighted by molar-refractivity contribution is 0.660. The first kappa shape index (κ1) is 39.2. The first-order valence-electron chi connectivity index (χ1n) is 22.0. The third-order valence-corrected chi connectivity index (χ3v) is 13.6. The normalized spacial score (nSPS) is 14.0. The number of hydrogen-bond acceptors (Lipinski definition) is 2. The Morgan fingerprint density at radius 3 is 1.08 bits per heavy atom. The topological polar surface area (TPSA) is 6.48 Å². The average Bonchev–Trinajstić information content (AvgIpc) is 3.62. The highest BCUT2D eigenvalue weighted by molar-refractivity contribution is 5.89. The summed E-state index contributed by atoms with van der Waals surface area (Å²) in [4.78, 5) is 4.83. The van der Waals surface area contributed by atoms with Crippen LogP contribution in [0.1, 0.15) is 83.3 Å². The van der Waals surface area contributed by atoms with Gasteiger partial charge in [-0.15, -0.1) is 0 Å². The van der Waals surface area contributed by atoms with Gasteiger partial charge in [0.1, 0.15) is 0 Å². The van der Waals surface area contributed by atoms with Gasteiger partial charge in [-0.1, -0.05) is 149 Å². The Labute approximate surface area is 368 Å². The number of aryl methyl sites for hydroxylation is 4. The molecule has 0 amide bonds. The van der Waals surface area contributed by atoms with E-state index in [1.54, 1.807) is 0 Å². The summed E-state index contributed by atoms with van der Waals surface area (Å²) in [6, 6.07) is 63.2. The average molecular weight is 803 g/mol. The van der Waals surface area contributed by atoms with Crippen molar-refractivity contribution in [3.05, 3.63) is 225 Å². The van der Waals surface area contributed by atoms with Crippen molar-refractivity contribution in [2.45, 2.75) is 66.2 Å². The summed E-state index contributed by atoms with van der Waals surface area (Å²) in [7, 11) is 0. The molecule has 8 aromatic carbocycles. The van der Waals surface area contributed by atoms with E-state index in [1.165, 1.54) is 112 Å². The molecule has 2 nitrogen and oxygen atoms in total. The van der Waals surface area contributed by atoms with Crippen molar-refractivity contribution in [1.82, 2.24) is 0 Å². The van der Waals surface area contributed by atoms with E-state index < -0.39 is 0 Å². The summed E-state index contributed by atoms with van der Waals surface area (Å²) in [5.41, 5.74) is 25.0.